The van der Waals surface area contributed by atoms with Gasteiger partial charge in [0.25, 0.3) is 5.91 Å². The normalized spacial score (nSPS) is 19.6. The van der Waals surface area contributed by atoms with Gasteiger partial charge < -0.3 is 10.6 Å². The zero-order valence-electron chi connectivity index (χ0n) is 11.9. The summed E-state index contributed by atoms with van der Waals surface area (Å²) in [5.74, 6) is 0.505. The largest absolute Gasteiger partial charge is 0.338 e. The van der Waals surface area contributed by atoms with E-state index in [0.717, 1.165) is 31.6 Å². The number of nitrogens with zero attached hydrogens (tertiary/aromatic N) is 2. The Bertz CT molecular complexity index is 440. The molecule has 1 fully saturated rings. The van der Waals surface area contributed by atoms with Gasteiger partial charge in [0.2, 0.25) is 0 Å². The van der Waals surface area contributed by atoms with Gasteiger partial charge in [0.05, 0.1) is 5.56 Å². The Kier molecular flexibility index (Phi) is 8.09. The molecule has 0 radical (unpaired) electrons. The number of piperidine rings is 1. The lowest BCUT2D eigenvalue weighted by Gasteiger charge is -2.34. The number of carbonyl (C=O) groups excluding carboxylic acids is 1. The first kappa shape index (κ1) is 19.2. The predicted octanol–water partition coefficient (Wildman–Crippen LogP) is 2.43. The zero-order chi connectivity index (χ0) is 13.1. The van der Waals surface area contributed by atoms with E-state index >= 15 is 0 Å². The molecule has 2 heterocycles. The number of rotatable bonds is 2. The van der Waals surface area contributed by atoms with Crippen LogP contribution < -0.4 is 5.73 Å². The van der Waals surface area contributed by atoms with E-state index in [-0.39, 0.29) is 36.8 Å². The highest BCUT2D eigenvalue weighted by molar-refractivity contribution is 5.95. The fraction of sp³-hybridized carbons (Fsp3) is 0.571. The van der Waals surface area contributed by atoms with Crippen LogP contribution in [0.4, 0.5) is 0 Å². The molecule has 20 heavy (non-hydrogen) atoms. The van der Waals surface area contributed by atoms with Crippen molar-refractivity contribution in [3.05, 3.63) is 29.6 Å². The second kappa shape index (κ2) is 8.45. The lowest BCUT2D eigenvalue weighted by Crippen LogP contribution is -2.45. The molecule has 6 heteroatoms. The van der Waals surface area contributed by atoms with Crippen LogP contribution in [0, 0.1) is 12.8 Å². The molecule has 0 aromatic carbocycles. The molecule has 114 valence electrons. The Balaban J connectivity index is 0.00000180. The third-order valence-corrected chi connectivity index (χ3v) is 3.73. The number of hydrogen-bond donors (Lipinski definition) is 1. The molecular formula is C14H23Cl2N3O. The van der Waals surface area contributed by atoms with Crippen LogP contribution in [0.2, 0.25) is 0 Å². The Morgan fingerprint density at radius 3 is 2.80 bits per heavy atom. The maximum absolute atomic E-state index is 12.4. The summed E-state index contributed by atoms with van der Waals surface area (Å²) in [5, 5.41) is 0. The molecule has 0 aliphatic carbocycles. The number of nitrogens with two attached hydrogens (primary N) is 1. The van der Waals surface area contributed by atoms with Crippen molar-refractivity contribution in [3.63, 3.8) is 0 Å². The third kappa shape index (κ3) is 4.33. The summed E-state index contributed by atoms with van der Waals surface area (Å²) in [6.45, 7) is 5.50. The summed E-state index contributed by atoms with van der Waals surface area (Å²) in [7, 11) is 0. The topological polar surface area (TPSA) is 59.2 Å². The van der Waals surface area contributed by atoms with Crippen LogP contribution in [0.5, 0.6) is 0 Å². The van der Waals surface area contributed by atoms with E-state index in [9.17, 15) is 4.79 Å². The van der Waals surface area contributed by atoms with Gasteiger partial charge in [-0.2, -0.15) is 0 Å². The number of likely N-dealkylation sites (tertiary alicyclic amines) is 1. The quantitative estimate of drug-likeness (QED) is 0.910. The van der Waals surface area contributed by atoms with Crippen LogP contribution in [-0.4, -0.2) is 34.9 Å². The number of pyridine rings is 1. The van der Waals surface area contributed by atoms with Crippen LogP contribution in [0.1, 0.15) is 35.8 Å². The number of hydrogen-bond acceptors (Lipinski definition) is 3. The van der Waals surface area contributed by atoms with Crippen molar-refractivity contribution >= 4 is 30.7 Å². The average molecular weight is 320 g/mol. The van der Waals surface area contributed by atoms with Gasteiger partial charge in [-0.25, -0.2) is 0 Å². The standard InChI is InChI=1S/C14H21N3O.2ClH/c1-10(15)12-5-4-8-17(9-12)14(18)13-6-3-7-16-11(13)2;;/h3,6-7,10,12H,4-5,8-9,15H2,1-2H3;2*1H. The van der Waals surface area contributed by atoms with Crippen LogP contribution in [-0.2, 0) is 0 Å². The van der Waals surface area contributed by atoms with Crippen LogP contribution in [0.15, 0.2) is 18.3 Å². The molecule has 4 nitrogen and oxygen atoms in total. The van der Waals surface area contributed by atoms with Crippen molar-refractivity contribution in [1.82, 2.24) is 9.88 Å². The first-order valence-corrected chi connectivity index (χ1v) is 6.56. The molecule has 1 aliphatic heterocycles. The number of halogens is 2. The molecule has 2 N–H and O–H groups in total. The highest BCUT2D eigenvalue weighted by Gasteiger charge is 2.27. The maximum Gasteiger partial charge on any atom is 0.255 e. The van der Waals surface area contributed by atoms with Crippen LogP contribution in [0.3, 0.4) is 0 Å². The lowest BCUT2D eigenvalue weighted by atomic mass is 9.92. The Morgan fingerprint density at radius 1 is 1.50 bits per heavy atom. The molecule has 1 aromatic rings. The summed E-state index contributed by atoms with van der Waals surface area (Å²) in [4.78, 5) is 18.5. The molecule has 1 saturated heterocycles. The first-order chi connectivity index (χ1) is 8.59. The van der Waals surface area contributed by atoms with Crippen molar-refractivity contribution in [2.45, 2.75) is 32.7 Å². The molecule has 1 aromatic heterocycles. The highest BCUT2D eigenvalue weighted by Crippen LogP contribution is 2.21. The summed E-state index contributed by atoms with van der Waals surface area (Å²) in [6.07, 6.45) is 3.87. The van der Waals surface area contributed by atoms with Crippen molar-refractivity contribution < 1.29 is 4.79 Å². The Hall–Kier alpha value is -0.840. The fourth-order valence-corrected chi connectivity index (χ4v) is 2.50. The van der Waals surface area contributed by atoms with E-state index in [1.807, 2.05) is 30.9 Å². The van der Waals surface area contributed by atoms with Crippen LogP contribution in [0.25, 0.3) is 0 Å². The van der Waals surface area contributed by atoms with E-state index in [0.29, 0.717) is 11.5 Å². The molecule has 2 atom stereocenters. The van der Waals surface area contributed by atoms with Crippen molar-refractivity contribution in [2.24, 2.45) is 11.7 Å². The van der Waals surface area contributed by atoms with E-state index < -0.39 is 0 Å². The minimum atomic E-state index is 0. The van der Waals surface area contributed by atoms with Gasteiger partial charge in [0.15, 0.2) is 0 Å². The molecule has 2 unspecified atom stereocenters. The average Bonchev–Trinajstić information content (AvgIpc) is 2.38. The molecule has 1 amide bonds. The molecular weight excluding hydrogens is 297 g/mol. The Morgan fingerprint density at radius 2 is 2.20 bits per heavy atom. The molecule has 0 spiro atoms. The molecule has 0 saturated carbocycles. The van der Waals surface area contributed by atoms with Crippen molar-refractivity contribution in [1.29, 1.82) is 0 Å². The van der Waals surface area contributed by atoms with Gasteiger partial charge in [-0.1, -0.05) is 0 Å². The number of amides is 1. The first-order valence-electron chi connectivity index (χ1n) is 6.56. The number of aromatic nitrogens is 1. The van der Waals surface area contributed by atoms with E-state index in [4.69, 9.17) is 5.73 Å². The SMILES string of the molecule is Cc1ncccc1C(=O)N1CCCC(C(C)N)C1.Cl.Cl. The lowest BCUT2D eigenvalue weighted by molar-refractivity contribution is 0.0659. The maximum atomic E-state index is 12.4. The highest BCUT2D eigenvalue weighted by atomic mass is 35.5. The minimum Gasteiger partial charge on any atom is -0.338 e. The summed E-state index contributed by atoms with van der Waals surface area (Å²) in [6, 6.07) is 3.81. The van der Waals surface area contributed by atoms with Gasteiger partial charge in [-0.3, -0.25) is 9.78 Å². The third-order valence-electron chi connectivity index (χ3n) is 3.73. The smallest absolute Gasteiger partial charge is 0.255 e. The molecule has 0 bridgehead atoms. The minimum absolute atomic E-state index is 0. The monoisotopic (exact) mass is 319 g/mol. The van der Waals surface area contributed by atoms with E-state index in [1.165, 1.54) is 0 Å². The van der Waals surface area contributed by atoms with Crippen LogP contribution >= 0.6 is 24.8 Å². The molecule has 1 aliphatic rings. The van der Waals surface area contributed by atoms with Crippen molar-refractivity contribution in [3.8, 4) is 0 Å². The second-order valence-electron chi connectivity index (χ2n) is 5.15. The number of aryl methyl sites for hydroxylation is 1. The van der Waals surface area contributed by atoms with E-state index in [2.05, 4.69) is 4.98 Å². The van der Waals surface area contributed by atoms with E-state index in [1.54, 1.807) is 6.20 Å². The molecule has 2 rings (SSSR count). The fourth-order valence-electron chi connectivity index (χ4n) is 2.50. The predicted molar refractivity (Wildman–Crippen MR) is 85.7 cm³/mol. The van der Waals surface area contributed by atoms with Crippen molar-refractivity contribution in [2.75, 3.05) is 13.1 Å². The number of carbonyl (C=O) groups is 1. The van der Waals surface area contributed by atoms with Gasteiger partial charge in [-0.15, -0.1) is 24.8 Å². The summed E-state index contributed by atoms with van der Waals surface area (Å²) in [5.41, 5.74) is 7.46. The summed E-state index contributed by atoms with van der Waals surface area (Å²) < 4.78 is 0. The van der Waals surface area contributed by atoms with Gasteiger partial charge in [0.1, 0.15) is 0 Å². The summed E-state index contributed by atoms with van der Waals surface area (Å²) >= 11 is 0. The zero-order valence-corrected chi connectivity index (χ0v) is 13.5. The second-order valence-corrected chi connectivity index (χ2v) is 5.15. The Labute approximate surface area is 132 Å². The van der Waals surface area contributed by atoms with Gasteiger partial charge in [-0.05, 0) is 44.7 Å². The van der Waals surface area contributed by atoms with Gasteiger partial charge >= 0.3 is 0 Å². The van der Waals surface area contributed by atoms with Gasteiger partial charge in [0, 0.05) is 31.0 Å².